The highest BCUT2D eigenvalue weighted by Gasteiger charge is 2.14. The van der Waals surface area contributed by atoms with Gasteiger partial charge in [-0.05, 0) is 66.9 Å². The fraction of sp³-hybridized carbons (Fsp3) is 0.130. The Hall–Kier alpha value is -3.60. The number of nitrogens with zero attached hydrogens (tertiary/aromatic N) is 1. The van der Waals surface area contributed by atoms with E-state index in [9.17, 15) is 4.79 Å². The number of primary amides is 1. The Morgan fingerprint density at radius 2 is 1.61 bits per heavy atom. The van der Waals surface area contributed by atoms with Crippen LogP contribution in [0.2, 0.25) is 0 Å². The number of carbonyl (C=O) groups is 1. The second kappa shape index (κ2) is 8.86. The van der Waals surface area contributed by atoms with E-state index in [1.54, 1.807) is 36.5 Å². The van der Waals surface area contributed by atoms with E-state index in [-0.39, 0.29) is 11.4 Å². The van der Waals surface area contributed by atoms with Crippen LogP contribution in [0.3, 0.4) is 0 Å². The number of aromatic nitrogens is 1. The first-order chi connectivity index (χ1) is 13.6. The zero-order valence-electron chi connectivity index (χ0n) is 15.9. The largest absolute Gasteiger partial charge is 0.457 e. The van der Waals surface area contributed by atoms with Crippen LogP contribution in [-0.2, 0) is 0 Å². The van der Waals surface area contributed by atoms with Crippen LogP contribution in [0.15, 0.2) is 72.9 Å². The number of amides is 1. The molecule has 1 aromatic heterocycles. The Kier molecular flexibility index (Phi) is 6.07. The summed E-state index contributed by atoms with van der Waals surface area (Å²) < 4.78 is 11.6. The number of para-hydroxylation sites is 1. The van der Waals surface area contributed by atoms with Crippen LogP contribution in [0, 0.1) is 0 Å². The van der Waals surface area contributed by atoms with Crippen molar-refractivity contribution in [2.75, 3.05) is 0 Å². The summed E-state index contributed by atoms with van der Waals surface area (Å²) in [4.78, 5) is 16.2. The molecule has 2 aromatic carbocycles. The highest BCUT2D eigenvalue weighted by Crippen LogP contribution is 2.29. The van der Waals surface area contributed by atoms with Gasteiger partial charge in [-0.1, -0.05) is 31.2 Å². The summed E-state index contributed by atoms with van der Waals surface area (Å²) in [7, 11) is 0. The van der Waals surface area contributed by atoms with Crippen molar-refractivity contribution in [3.8, 4) is 23.1 Å². The maximum Gasteiger partial charge on any atom is 0.254 e. The van der Waals surface area contributed by atoms with E-state index in [1.165, 1.54) is 0 Å². The van der Waals surface area contributed by atoms with Crippen molar-refractivity contribution in [2.45, 2.75) is 20.3 Å². The van der Waals surface area contributed by atoms with E-state index in [1.807, 2.05) is 50.3 Å². The van der Waals surface area contributed by atoms with Crippen LogP contribution in [0.4, 0.5) is 0 Å². The van der Waals surface area contributed by atoms with Gasteiger partial charge in [0, 0.05) is 6.20 Å². The second-order valence-electron chi connectivity index (χ2n) is 6.10. The van der Waals surface area contributed by atoms with E-state index >= 15 is 0 Å². The van der Waals surface area contributed by atoms with E-state index in [4.69, 9.17) is 15.2 Å². The molecular weight excluding hydrogens is 352 g/mol. The fourth-order valence-corrected chi connectivity index (χ4v) is 2.77. The van der Waals surface area contributed by atoms with Gasteiger partial charge in [0.25, 0.3) is 5.91 Å². The quantitative estimate of drug-likeness (QED) is 0.586. The smallest absolute Gasteiger partial charge is 0.254 e. The van der Waals surface area contributed by atoms with Gasteiger partial charge >= 0.3 is 0 Å². The number of allylic oxidation sites excluding steroid dienone is 2. The zero-order valence-corrected chi connectivity index (χ0v) is 15.9. The summed E-state index contributed by atoms with van der Waals surface area (Å²) in [5, 5.41) is 0. The minimum Gasteiger partial charge on any atom is -0.457 e. The van der Waals surface area contributed by atoms with Gasteiger partial charge in [-0.2, -0.15) is 0 Å². The molecule has 0 unspecified atom stereocenters. The van der Waals surface area contributed by atoms with Crippen molar-refractivity contribution < 1.29 is 14.3 Å². The minimum atomic E-state index is -0.583. The molecule has 0 aliphatic rings. The van der Waals surface area contributed by atoms with Crippen LogP contribution in [-0.4, -0.2) is 10.9 Å². The van der Waals surface area contributed by atoms with Crippen molar-refractivity contribution in [3.63, 3.8) is 0 Å². The summed E-state index contributed by atoms with van der Waals surface area (Å²) in [6.07, 6.45) is 4.51. The summed E-state index contributed by atoms with van der Waals surface area (Å²) in [5.74, 6) is 1.56. The van der Waals surface area contributed by atoms with Crippen molar-refractivity contribution in [3.05, 3.63) is 84.1 Å². The molecule has 0 saturated heterocycles. The average Bonchev–Trinajstić information content (AvgIpc) is 2.72. The van der Waals surface area contributed by atoms with Gasteiger partial charge in [0.15, 0.2) is 0 Å². The molecular formula is C23H22N2O3. The maximum atomic E-state index is 11.9. The van der Waals surface area contributed by atoms with Crippen LogP contribution in [0.1, 0.15) is 36.2 Å². The molecule has 2 N–H and O–H groups in total. The van der Waals surface area contributed by atoms with Gasteiger partial charge in [-0.15, -0.1) is 0 Å². The Morgan fingerprint density at radius 1 is 1.00 bits per heavy atom. The number of pyridine rings is 1. The van der Waals surface area contributed by atoms with Gasteiger partial charge in [0.2, 0.25) is 5.88 Å². The highest BCUT2D eigenvalue weighted by molar-refractivity contribution is 5.96. The Labute approximate surface area is 164 Å². The van der Waals surface area contributed by atoms with Gasteiger partial charge in [-0.25, -0.2) is 4.98 Å². The number of benzene rings is 2. The molecule has 0 radical (unpaired) electrons. The third-order valence-electron chi connectivity index (χ3n) is 4.23. The minimum absolute atomic E-state index is 0.180. The second-order valence-corrected chi connectivity index (χ2v) is 6.10. The summed E-state index contributed by atoms with van der Waals surface area (Å²) in [5.41, 5.74) is 7.72. The molecule has 3 aromatic rings. The van der Waals surface area contributed by atoms with E-state index in [2.05, 4.69) is 4.98 Å². The van der Waals surface area contributed by atoms with E-state index < -0.39 is 5.91 Å². The first-order valence-corrected chi connectivity index (χ1v) is 9.07. The SMILES string of the molecule is C/C=C(\CC)c1cnc(Oc2ccc(Oc3ccccc3)cc2)c(C(N)=O)c1. The van der Waals surface area contributed by atoms with E-state index in [0.717, 1.165) is 23.3 Å². The van der Waals surface area contributed by atoms with Crippen molar-refractivity contribution >= 4 is 11.5 Å². The first kappa shape index (κ1) is 19.2. The maximum absolute atomic E-state index is 11.9. The number of ether oxygens (including phenoxy) is 2. The zero-order chi connectivity index (χ0) is 19.9. The molecule has 5 nitrogen and oxygen atoms in total. The molecule has 0 atom stereocenters. The van der Waals surface area contributed by atoms with Crippen molar-refractivity contribution in [2.24, 2.45) is 5.73 Å². The van der Waals surface area contributed by atoms with Crippen LogP contribution in [0.25, 0.3) is 5.57 Å². The Morgan fingerprint density at radius 3 is 2.18 bits per heavy atom. The standard InChI is InChI=1S/C23H22N2O3/c1-3-16(4-2)17-14-21(22(24)26)23(25-15-17)28-20-12-10-19(11-13-20)27-18-8-6-5-7-9-18/h3,5-15H,4H2,1-2H3,(H2,24,26)/b16-3+. The van der Waals surface area contributed by atoms with Crippen molar-refractivity contribution in [1.29, 1.82) is 0 Å². The number of hydrogen-bond acceptors (Lipinski definition) is 4. The summed E-state index contributed by atoms with van der Waals surface area (Å²) in [6, 6.07) is 18.3. The lowest BCUT2D eigenvalue weighted by molar-refractivity contribution is 0.0997. The van der Waals surface area contributed by atoms with Crippen LogP contribution >= 0.6 is 0 Å². The number of hydrogen-bond donors (Lipinski definition) is 1. The number of rotatable bonds is 7. The molecule has 0 aliphatic carbocycles. The average molecular weight is 374 g/mol. The van der Waals surface area contributed by atoms with Crippen molar-refractivity contribution in [1.82, 2.24) is 4.98 Å². The third-order valence-corrected chi connectivity index (χ3v) is 4.23. The molecule has 1 heterocycles. The molecule has 142 valence electrons. The van der Waals surface area contributed by atoms with Gasteiger partial charge in [0.1, 0.15) is 22.8 Å². The Balaban J connectivity index is 1.80. The van der Waals surface area contributed by atoms with E-state index in [0.29, 0.717) is 11.5 Å². The predicted molar refractivity (Wildman–Crippen MR) is 110 cm³/mol. The Bertz CT molecular complexity index is 980. The monoisotopic (exact) mass is 374 g/mol. The number of nitrogens with two attached hydrogens (primary N) is 1. The summed E-state index contributed by atoms with van der Waals surface area (Å²) >= 11 is 0. The topological polar surface area (TPSA) is 74.4 Å². The van der Waals surface area contributed by atoms with Gasteiger partial charge < -0.3 is 15.2 Å². The molecule has 3 rings (SSSR count). The molecule has 0 bridgehead atoms. The highest BCUT2D eigenvalue weighted by atomic mass is 16.5. The summed E-state index contributed by atoms with van der Waals surface area (Å²) in [6.45, 7) is 4.00. The molecule has 5 heteroatoms. The molecule has 0 fully saturated rings. The molecule has 1 amide bonds. The third kappa shape index (κ3) is 4.57. The first-order valence-electron chi connectivity index (χ1n) is 9.07. The fourth-order valence-electron chi connectivity index (χ4n) is 2.77. The normalized spacial score (nSPS) is 11.1. The molecule has 0 saturated carbocycles. The molecule has 28 heavy (non-hydrogen) atoms. The lowest BCUT2D eigenvalue weighted by Gasteiger charge is -2.12. The van der Waals surface area contributed by atoms with Crippen LogP contribution < -0.4 is 15.2 Å². The predicted octanol–water partition coefficient (Wildman–Crippen LogP) is 5.58. The molecule has 0 spiro atoms. The number of carbonyl (C=O) groups excluding carboxylic acids is 1. The van der Waals surface area contributed by atoms with Gasteiger partial charge in [-0.3, -0.25) is 4.79 Å². The van der Waals surface area contributed by atoms with Crippen LogP contribution in [0.5, 0.6) is 23.1 Å². The lowest BCUT2D eigenvalue weighted by Crippen LogP contribution is -2.13. The molecule has 0 aliphatic heterocycles. The van der Waals surface area contributed by atoms with Gasteiger partial charge in [0.05, 0.1) is 0 Å². The lowest BCUT2D eigenvalue weighted by atomic mass is 10.0.